The molecule has 8 heteroatoms. The normalized spacial score (nSPS) is 13.2. The average molecular weight is 334 g/mol. The Balaban J connectivity index is 1.62. The molecule has 2 heterocycles. The zero-order valence-electron chi connectivity index (χ0n) is 12.3. The van der Waals surface area contributed by atoms with Crippen molar-refractivity contribution in [3.63, 3.8) is 0 Å². The fourth-order valence-corrected chi connectivity index (χ4v) is 2.48. The van der Waals surface area contributed by atoms with Crippen molar-refractivity contribution in [3.05, 3.63) is 41.3 Å². The van der Waals surface area contributed by atoms with E-state index in [0.29, 0.717) is 29.8 Å². The van der Waals surface area contributed by atoms with Crippen LogP contribution in [-0.4, -0.2) is 35.6 Å². The molecule has 0 radical (unpaired) electrons. The van der Waals surface area contributed by atoms with Crippen molar-refractivity contribution < 1.29 is 9.53 Å². The molecule has 3 rings (SSSR count). The SMILES string of the molecule is Nc1ccnc(CNC(=O)CN2CCOc3ccc(Cl)cc32)n1. The van der Waals surface area contributed by atoms with Crippen LogP contribution in [0.3, 0.4) is 0 Å². The summed E-state index contributed by atoms with van der Waals surface area (Å²) < 4.78 is 5.57. The second-order valence-corrected chi connectivity index (χ2v) is 5.49. The Morgan fingerprint density at radius 1 is 1.43 bits per heavy atom. The molecule has 2 aromatic rings. The molecule has 0 unspecified atom stereocenters. The summed E-state index contributed by atoms with van der Waals surface area (Å²) in [6.07, 6.45) is 1.56. The number of halogens is 1. The molecule has 120 valence electrons. The average Bonchev–Trinajstić information content (AvgIpc) is 2.54. The third-order valence-electron chi connectivity index (χ3n) is 3.39. The maximum absolute atomic E-state index is 12.2. The molecule has 0 saturated carbocycles. The van der Waals surface area contributed by atoms with Crippen molar-refractivity contribution >= 4 is 29.0 Å². The lowest BCUT2D eigenvalue weighted by atomic mass is 10.2. The van der Waals surface area contributed by atoms with E-state index in [9.17, 15) is 4.79 Å². The summed E-state index contributed by atoms with van der Waals surface area (Å²) >= 11 is 6.02. The number of nitrogens with two attached hydrogens (primary N) is 1. The molecule has 0 fully saturated rings. The van der Waals surface area contributed by atoms with Gasteiger partial charge in [0.1, 0.15) is 24.0 Å². The number of carbonyl (C=O) groups excluding carboxylic acids is 1. The molecular weight excluding hydrogens is 318 g/mol. The summed E-state index contributed by atoms with van der Waals surface area (Å²) in [5.74, 6) is 1.45. The second kappa shape index (κ2) is 6.70. The van der Waals surface area contributed by atoms with E-state index in [1.165, 1.54) is 0 Å². The second-order valence-electron chi connectivity index (χ2n) is 5.06. The van der Waals surface area contributed by atoms with Gasteiger partial charge in [0.2, 0.25) is 5.91 Å². The summed E-state index contributed by atoms with van der Waals surface area (Å²) in [7, 11) is 0. The number of benzene rings is 1. The Hall–Kier alpha value is -2.54. The Morgan fingerprint density at radius 3 is 3.13 bits per heavy atom. The van der Waals surface area contributed by atoms with E-state index in [1.807, 2.05) is 11.0 Å². The van der Waals surface area contributed by atoms with Crippen LogP contribution in [0.1, 0.15) is 5.82 Å². The lowest BCUT2D eigenvalue weighted by molar-refractivity contribution is -0.120. The molecule has 1 aromatic carbocycles. The number of nitrogen functional groups attached to an aromatic ring is 1. The van der Waals surface area contributed by atoms with Crippen molar-refractivity contribution in [3.8, 4) is 5.75 Å². The highest BCUT2D eigenvalue weighted by atomic mass is 35.5. The Bertz CT molecular complexity index is 725. The van der Waals surface area contributed by atoms with Gasteiger partial charge in [-0.15, -0.1) is 0 Å². The van der Waals surface area contributed by atoms with Crippen molar-refractivity contribution in [1.29, 1.82) is 0 Å². The number of fused-ring (bicyclic) bond motifs is 1. The van der Waals surface area contributed by atoms with E-state index >= 15 is 0 Å². The summed E-state index contributed by atoms with van der Waals surface area (Å²) in [4.78, 5) is 22.2. The molecule has 1 aliphatic rings. The fourth-order valence-electron chi connectivity index (χ4n) is 2.32. The molecule has 3 N–H and O–H groups in total. The lowest BCUT2D eigenvalue weighted by Crippen LogP contribution is -2.41. The number of carbonyl (C=O) groups is 1. The van der Waals surface area contributed by atoms with Gasteiger partial charge in [0.05, 0.1) is 25.3 Å². The molecule has 7 nitrogen and oxygen atoms in total. The first-order valence-corrected chi connectivity index (χ1v) is 7.51. The fraction of sp³-hybridized carbons (Fsp3) is 0.267. The molecule has 23 heavy (non-hydrogen) atoms. The van der Waals surface area contributed by atoms with Crippen molar-refractivity contribution in [2.24, 2.45) is 0 Å². The largest absolute Gasteiger partial charge is 0.490 e. The highest BCUT2D eigenvalue weighted by Gasteiger charge is 2.20. The first kappa shape index (κ1) is 15.4. The van der Waals surface area contributed by atoms with Gasteiger partial charge in [0, 0.05) is 11.2 Å². The van der Waals surface area contributed by atoms with Crippen LogP contribution in [0.5, 0.6) is 5.75 Å². The van der Waals surface area contributed by atoms with Crippen LogP contribution in [0.2, 0.25) is 5.02 Å². The van der Waals surface area contributed by atoms with Crippen LogP contribution in [0.25, 0.3) is 0 Å². The first-order chi connectivity index (χ1) is 11.1. The van der Waals surface area contributed by atoms with Gasteiger partial charge in [-0.2, -0.15) is 0 Å². The number of ether oxygens (including phenoxy) is 1. The van der Waals surface area contributed by atoms with E-state index < -0.39 is 0 Å². The van der Waals surface area contributed by atoms with E-state index in [0.717, 1.165) is 11.4 Å². The van der Waals surface area contributed by atoms with Gasteiger partial charge in [-0.1, -0.05) is 11.6 Å². The quantitative estimate of drug-likeness (QED) is 0.874. The van der Waals surface area contributed by atoms with E-state index in [4.69, 9.17) is 22.1 Å². The van der Waals surface area contributed by atoms with Gasteiger partial charge in [-0.05, 0) is 24.3 Å². The Morgan fingerprint density at radius 2 is 2.30 bits per heavy atom. The minimum Gasteiger partial charge on any atom is -0.490 e. The third kappa shape index (κ3) is 3.81. The van der Waals surface area contributed by atoms with Gasteiger partial charge in [-0.3, -0.25) is 4.79 Å². The lowest BCUT2D eigenvalue weighted by Gasteiger charge is -2.30. The van der Waals surface area contributed by atoms with Crippen LogP contribution in [-0.2, 0) is 11.3 Å². The van der Waals surface area contributed by atoms with Crippen LogP contribution in [0.15, 0.2) is 30.5 Å². The van der Waals surface area contributed by atoms with Crippen LogP contribution >= 0.6 is 11.6 Å². The van der Waals surface area contributed by atoms with Crippen molar-refractivity contribution in [2.75, 3.05) is 30.3 Å². The van der Waals surface area contributed by atoms with Crippen LogP contribution in [0, 0.1) is 0 Å². The number of hydrogen-bond acceptors (Lipinski definition) is 6. The predicted molar refractivity (Wildman–Crippen MR) is 87.5 cm³/mol. The van der Waals surface area contributed by atoms with Crippen molar-refractivity contribution in [1.82, 2.24) is 15.3 Å². The third-order valence-corrected chi connectivity index (χ3v) is 3.62. The molecular formula is C15H16ClN5O2. The first-order valence-electron chi connectivity index (χ1n) is 7.13. The Labute approximate surface area is 138 Å². The summed E-state index contributed by atoms with van der Waals surface area (Å²) in [5, 5.41) is 3.39. The highest BCUT2D eigenvalue weighted by Crippen LogP contribution is 2.33. The Kier molecular flexibility index (Phi) is 4.47. The number of hydrogen-bond donors (Lipinski definition) is 2. The van der Waals surface area contributed by atoms with Gasteiger partial charge in [-0.25, -0.2) is 9.97 Å². The van der Waals surface area contributed by atoms with E-state index in [-0.39, 0.29) is 19.0 Å². The number of nitrogens with one attached hydrogen (secondary N) is 1. The smallest absolute Gasteiger partial charge is 0.239 e. The minimum absolute atomic E-state index is 0.135. The summed E-state index contributed by atoms with van der Waals surface area (Å²) in [6.45, 7) is 1.59. The standard InChI is InChI=1S/C15H16ClN5O2/c16-10-1-2-12-11(7-10)21(5-6-23-12)9-15(22)19-8-14-18-4-3-13(17)20-14/h1-4,7H,5-6,8-9H2,(H,19,22)(H2,17,18,20). The monoisotopic (exact) mass is 333 g/mol. The maximum atomic E-state index is 12.2. The number of anilines is 2. The van der Waals surface area contributed by atoms with Crippen LogP contribution < -0.4 is 20.7 Å². The predicted octanol–water partition coefficient (Wildman–Crippen LogP) is 1.23. The van der Waals surface area contributed by atoms with Gasteiger partial charge >= 0.3 is 0 Å². The zero-order valence-corrected chi connectivity index (χ0v) is 13.1. The van der Waals surface area contributed by atoms with E-state index in [1.54, 1.807) is 24.4 Å². The molecule has 0 bridgehead atoms. The number of rotatable bonds is 4. The minimum atomic E-state index is -0.135. The maximum Gasteiger partial charge on any atom is 0.239 e. The number of amides is 1. The zero-order chi connectivity index (χ0) is 16.2. The van der Waals surface area contributed by atoms with Gasteiger partial charge in [0.25, 0.3) is 0 Å². The van der Waals surface area contributed by atoms with E-state index in [2.05, 4.69) is 15.3 Å². The molecule has 1 aliphatic heterocycles. The highest BCUT2D eigenvalue weighted by molar-refractivity contribution is 6.31. The molecule has 0 atom stereocenters. The molecule has 1 aromatic heterocycles. The summed E-state index contributed by atoms with van der Waals surface area (Å²) in [5.41, 5.74) is 6.40. The number of nitrogens with zero attached hydrogens (tertiary/aromatic N) is 3. The molecule has 0 spiro atoms. The van der Waals surface area contributed by atoms with Gasteiger partial charge < -0.3 is 20.7 Å². The summed E-state index contributed by atoms with van der Waals surface area (Å²) in [6, 6.07) is 6.97. The molecule has 1 amide bonds. The molecule has 0 saturated heterocycles. The van der Waals surface area contributed by atoms with Gasteiger partial charge in [0.15, 0.2) is 0 Å². The van der Waals surface area contributed by atoms with Crippen LogP contribution in [0.4, 0.5) is 11.5 Å². The number of aromatic nitrogens is 2. The topological polar surface area (TPSA) is 93.4 Å². The van der Waals surface area contributed by atoms with Crippen molar-refractivity contribution in [2.45, 2.75) is 6.54 Å². The molecule has 0 aliphatic carbocycles.